The van der Waals surface area contributed by atoms with Crippen molar-refractivity contribution in [1.82, 2.24) is 0 Å². The lowest BCUT2D eigenvalue weighted by Crippen LogP contribution is -2.22. The highest BCUT2D eigenvalue weighted by atomic mass is 16.6. The third-order valence-electron chi connectivity index (χ3n) is 5.13. The molecule has 0 spiro atoms. The van der Waals surface area contributed by atoms with E-state index in [1.807, 2.05) is 63.2 Å². The molecule has 0 radical (unpaired) electrons. The second-order valence-corrected chi connectivity index (χ2v) is 7.46. The Morgan fingerprint density at radius 3 is 1.72 bits per heavy atom. The summed E-state index contributed by atoms with van der Waals surface area (Å²) in [5.41, 5.74) is 4.22. The maximum atomic E-state index is 12.1. The summed E-state index contributed by atoms with van der Waals surface area (Å²) in [5, 5.41) is 0. The fraction of sp³-hybridized carbons (Fsp3) is 0.269. The smallest absolute Gasteiger partial charge is 0.309 e. The lowest BCUT2D eigenvalue weighted by atomic mass is 9.97. The first-order valence-electron chi connectivity index (χ1n) is 10.1. The molecule has 0 aliphatic carbocycles. The quantitative estimate of drug-likeness (QED) is 0.339. The molecule has 3 nitrogen and oxygen atoms in total. The van der Waals surface area contributed by atoms with E-state index < -0.39 is 0 Å². The molecule has 0 aliphatic rings. The predicted molar refractivity (Wildman–Crippen MR) is 118 cm³/mol. The Labute approximate surface area is 173 Å². The maximum absolute atomic E-state index is 12.1. The summed E-state index contributed by atoms with van der Waals surface area (Å²) in [4.78, 5) is 12.1. The summed E-state index contributed by atoms with van der Waals surface area (Å²) < 4.78 is 11.6. The molecule has 0 N–H and O–H groups in total. The molecule has 0 saturated carbocycles. The molecule has 0 amide bonds. The predicted octanol–water partition coefficient (Wildman–Crippen LogP) is 6.23. The molecule has 0 bridgehead atoms. The highest BCUT2D eigenvalue weighted by Crippen LogP contribution is 2.38. The van der Waals surface area contributed by atoms with E-state index in [9.17, 15) is 4.79 Å². The van der Waals surface area contributed by atoms with Crippen LogP contribution in [0.4, 0.5) is 0 Å². The molecule has 150 valence electrons. The summed E-state index contributed by atoms with van der Waals surface area (Å²) in [5.74, 6) is 0.763. The van der Waals surface area contributed by atoms with Crippen molar-refractivity contribution in [3.05, 3.63) is 78.9 Å². The number of esters is 1. The molecule has 1 unspecified atom stereocenters. The van der Waals surface area contributed by atoms with Crippen molar-refractivity contribution in [2.45, 2.75) is 20.8 Å². The number of carbonyl (C=O) groups is 1. The van der Waals surface area contributed by atoms with Gasteiger partial charge in [-0.15, -0.1) is 0 Å². The molecular formula is C26H28O3. The molecule has 3 heteroatoms. The van der Waals surface area contributed by atoms with E-state index in [0.29, 0.717) is 6.61 Å². The number of hydrogen-bond acceptors (Lipinski definition) is 3. The lowest BCUT2D eigenvalue weighted by Gasteiger charge is -2.18. The first-order valence-corrected chi connectivity index (χ1v) is 10.1. The summed E-state index contributed by atoms with van der Waals surface area (Å²) in [6.07, 6.45) is 0. The molecule has 29 heavy (non-hydrogen) atoms. The van der Waals surface area contributed by atoms with Gasteiger partial charge in [-0.05, 0) is 17.0 Å². The number of hydrogen-bond donors (Lipinski definition) is 0. The van der Waals surface area contributed by atoms with Crippen molar-refractivity contribution in [3.8, 4) is 28.0 Å². The Morgan fingerprint density at radius 2 is 1.24 bits per heavy atom. The average molecular weight is 389 g/mol. The molecular weight excluding hydrogens is 360 g/mol. The van der Waals surface area contributed by atoms with E-state index in [1.165, 1.54) is 0 Å². The van der Waals surface area contributed by atoms with Gasteiger partial charge in [0.15, 0.2) is 0 Å². The number of para-hydroxylation sites is 1. The van der Waals surface area contributed by atoms with E-state index in [2.05, 4.69) is 36.4 Å². The van der Waals surface area contributed by atoms with Crippen LogP contribution in [0.2, 0.25) is 0 Å². The Morgan fingerprint density at radius 1 is 0.724 bits per heavy atom. The number of ether oxygens (including phenoxy) is 2. The van der Waals surface area contributed by atoms with Crippen molar-refractivity contribution >= 4 is 5.97 Å². The zero-order valence-electron chi connectivity index (χ0n) is 17.3. The molecule has 0 saturated heterocycles. The van der Waals surface area contributed by atoms with Gasteiger partial charge in [0.2, 0.25) is 0 Å². The molecule has 1 atom stereocenters. The van der Waals surface area contributed by atoms with Gasteiger partial charge in [0.25, 0.3) is 0 Å². The minimum absolute atomic E-state index is 0.119. The first-order chi connectivity index (χ1) is 14.1. The highest BCUT2D eigenvalue weighted by molar-refractivity contribution is 5.82. The number of carbonyl (C=O) groups excluding carboxylic acids is 1. The van der Waals surface area contributed by atoms with Gasteiger partial charge in [0, 0.05) is 11.1 Å². The SMILES string of the molecule is CC(C)C(C)C(=O)OCCOc1c(-c2ccccc2)cccc1-c1ccccc1. The standard InChI is InChI=1S/C26H28O3/c1-19(2)20(3)26(27)29-18-17-28-25-23(21-11-6-4-7-12-21)15-10-16-24(25)22-13-8-5-9-14-22/h4-16,19-20H,17-18H2,1-3H3. The first kappa shape index (κ1) is 20.7. The Hall–Kier alpha value is -3.07. The lowest BCUT2D eigenvalue weighted by molar-refractivity contribution is -0.150. The molecule has 0 aromatic heterocycles. The van der Waals surface area contributed by atoms with Crippen molar-refractivity contribution in [3.63, 3.8) is 0 Å². The van der Waals surface area contributed by atoms with Gasteiger partial charge in [-0.3, -0.25) is 4.79 Å². The van der Waals surface area contributed by atoms with Gasteiger partial charge in [0.1, 0.15) is 19.0 Å². The van der Waals surface area contributed by atoms with Crippen LogP contribution in [-0.4, -0.2) is 19.2 Å². The van der Waals surface area contributed by atoms with Crippen LogP contribution in [0.25, 0.3) is 22.3 Å². The fourth-order valence-corrected chi connectivity index (χ4v) is 3.07. The number of benzene rings is 3. The van der Waals surface area contributed by atoms with Crippen LogP contribution in [-0.2, 0) is 9.53 Å². The van der Waals surface area contributed by atoms with Gasteiger partial charge < -0.3 is 9.47 Å². The largest absolute Gasteiger partial charge is 0.489 e. The molecule has 0 fully saturated rings. The van der Waals surface area contributed by atoms with Crippen LogP contribution in [0.15, 0.2) is 78.9 Å². The summed E-state index contributed by atoms with van der Waals surface area (Å²) >= 11 is 0. The van der Waals surface area contributed by atoms with Crippen LogP contribution >= 0.6 is 0 Å². The second-order valence-electron chi connectivity index (χ2n) is 7.46. The van der Waals surface area contributed by atoms with Crippen LogP contribution in [0.3, 0.4) is 0 Å². The van der Waals surface area contributed by atoms with Gasteiger partial charge in [0.05, 0.1) is 5.92 Å². The summed E-state index contributed by atoms with van der Waals surface area (Å²) in [7, 11) is 0. The van der Waals surface area contributed by atoms with Crippen molar-refractivity contribution in [2.75, 3.05) is 13.2 Å². The van der Waals surface area contributed by atoms with Crippen molar-refractivity contribution < 1.29 is 14.3 Å². The normalized spacial score (nSPS) is 11.9. The molecule has 3 rings (SSSR count). The second kappa shape index (κ2) is 9.92. The van der Waals surface area contributed by atoms with Gasteiger partial charge in [-0.1, -0.05) is 99.6 Å². The van der Waals surface area contributed by atoms with Gasteiger partial charge >= 0.3 is 5.97 Å². The zero-order chi connectivity index (χ0) is 20.6. The summed E-state index contributed by atoms with van der Waals surface area (Å²) in [6, 6.07) is 26.5. The highest BCUT2D eigenvalue weighted by Gasteiger charge is 2.18. The van der Waals surface area contributed by atoms with Crippen LogP contribution in [0.1, 0.15) is 20.8 Å². The van der Waals surface area contributed by atoms with E-state index in [1.54, 1.807) is 0 Å². The molecule has 3 aromatic rings. The van der Waals surface area contributed by atoms with Crippen LogP contribution in [0.5, 0.6) is 5.75 Å². The Kier molecular flexibility index (Phi) is 7.07. The maximum Gasteiger partial charge on any atom is 0.309 e. The third-order valence-corrected chi connectivity index (χ3v) is 5.13. The van der Waals surface area contributed by atoms with Crippen LogP contribution in [0, 0.1) is 11.8 Å². The molecule has 0 heterocycles. The summed E-state index contributed by atoms with van der Waals surface area (Å²) in [6.45, 7) is 6.47. The van der Waals surface area contributed by atoms with E-state index >= 15 is 0 Å². The minimum atomic E-state index is -0.178. The molecule has 3 aromatic carbocycles. The van der Waals surface area contributed by atoms with Gasteiger partial charge in [-0.25, -0.2) is 0 Å². The topological polar surface area (TPSA) is 35.5 Å². The van der Waals surface area contributed by atoms with Crippen molar-refractivity contribution in [2.24, 2.45) is 11.8 Å². The Balaban J connectivity index is 1.83. The monoisotopic (exact) mass is 388 g/mol. The van der Waals surface area contributed by atoms with Gasteiger partial charge in [-0.2, -0.15) is 0 Å². The van der Waals surface area contributed by atoms with Crippen LogP contribution < -0.4 is 4.74 Å². The van der Waals surface area contributed by atoms with E-state index in [4.69, 9.17) is 9.47 Å². The van der Waals surface area contributed by atoms with Crippen molar-refractivity contribution in [1.29, 1.82) is 0 Å². The zero-order valence-corrected chi connectivity index (χ0v) is 17.3. The fourth-order valence-electron chi connectivity index (χ4n) is 3.07. The average Bonchev–Trinajstić information content (AvgIpc) is 2.77. The van der Waals surface area contributed by atoms with E-state index in [-0.39, 0.29) is 24.4 Å². The Bertz CT molecular complexity index is 859. The number of rotatable bonds is 8. The molecule has 0 aliphatic heterocycles. The van der Waals surface area contributed by atoms with E-state index in [0.717, 1.165) is 28.0 Å². The minimum Gasteiger partial charge on any atom is -0.489 e. The third kappa shape index (κ3) is 5.26.